The topological polar surface area (TPSA) is 60.0 Å². The fourth-order valence-electron chi connectivity index (χ4n) is 0.0758. The first-order chi connectivity index (χ1) is 5.22. The van der Waals surface area contributed by atoms with Gasteiger partial charge in [-0.3, -0.25) is 0 Å². The molecule has 0 bridgehead atoms. The Morgan fingerprint density at radius 2 is 1.10 bits per heavy atom. The molecule has 0 aliphatic carbocycles. The van der Waals surface area contributed by atoms with Gasteiger partial charge in [0.25, 0.3) is 5.13 Å². The second-order valence-electron chi connectivity index (χ2n) is 1.49. The van der Waals surface area contributed by atoms with E-state index < -0.39 is 17.2 Å². The van der Waals surface area contributed by atoms with Crippen LogP contribution in [0.4, 0.5) is 17.6 Å². The Morgan fingerprint density at radius 1 is 0.950 bits per heavy atom. The first kappa shape index (κ1) is 65.2. The van der Waals surface area contributed by atoms with E-state index in [1.54, 1.807) is 0 Å². The van der Waals surface area contributed by atoms with Crippen molar-refractivity contribution in [2.24, 2.45) is 0 Å². The second kappa shape index (κ2) is 34.0. The third-order valence-corrected chi connectivity index (χ3v) is 1.44. The van der Waals surface area contributed by atoms with E-state index in [2.05, 4.69) is 29.8 Å². The second-order valence-corrected chi connectivity index (χ2v) is 2.67. The van der Waals surface area contributed by atoms with Crippen LogP contribution in [0.5, 0.6) is 0 Å². The van der Waals surface area contributed by atoms with Crippen LogP contribution < -0.4 is 101 Å². The SMILES string of the molecule is C.C.C=CCl.FC(F)(F)C(F)(Cl)CCl.[Cl-].[Na+].[Na+].[Na+].[OH-].[OH-]. The van der Waals surface area contributed by atoms with Gasteiger partial charge in [0.15, 0.2) is 0 Å². The van der Waals surface area contributed by atoms with Crippen molar-refractivity contribution in [2.45, 2.75) is 26.2 Å². The molecule has 0 radical (unpaired) electrons. The van der Waals surface area contributed by atoms with Gasteiger partial charge in [-0.2, -0.15) is 13.2 Å². The van der Waals surface area contributed by atoms with Gasteiger partial charge in [0, 0.05) is 0 Å². The summed E-state index contributed by atoms with van der Waals surface area (Å²) in [7, 11) is 0. The van der Waals surface area contributed by atoms with Gasteiger partial charge in [0.2, 0.25) is 0 Å². The third-order valence-electron chi connectivity index (χ3n) is 0.583. The van der Waals surface area contributed by atoms with Crippen molar-refractivity contribution in [3.63, 3.8) is 0 Å². The first-order valence-electron chi connectivity index (χ1n) is 2.44. The van der Waals surface area contributed by atoms with E-state index in [9.17, 15) is 17.6 Å². The summed E-state index contributed by atoms with van der Waals surface area (Å²) < 4.78 is 45.6. The maximum Gasteiger partial charge on any atom is 1.00 e. The Morgan fingerprint density at radius 3 is 1.10 bits per heavy atom. The molecule has 2 N–H and O–H groups in total. The van der Waals surface area contributed by atoms with E-state index in [1.807, 2.05) is 0 Å². The molecule has 0 amide bonds. The molecule has 0 aromatic heterocycles. The average Bonchev–Trinajstić information content (AvgIpc) is 1.87. The standard InChI is InChI=1S/C3H2Cl2F4.C2H3Cl.2CH4.ClH.3Na.2H2O/c4-1-2(5,6)3(7,8)9;1-2-3;;;;;;;;/h1H2;2H,1H2;2*1H4;1H;;;;2*1H2/q;;;;;3*+1;;/p-3. The zero-order valence-electron chi connectivity index (χ0n) is 9.91. The summed E-state index contributed by atoms with van der Waals surface area (Å²) in [6, 6.07) is 0. The molecule has 0 saturated carbocycles. The maximum absolute atomic E-state index is 11.8. The van der Waals surface area contributed by atoms with Crippen LogP contribution in [-0.2, 0) is 0 Å². The molecule has 0 heterocycles. The van der Waals surface area contributed by atoms with E-state index >= 15 is 0 Å². The zero-order valence-corrected chi connectivity index (χ0v) is 18.9. The van der Waals surface area contributed by atoms with E-state index in [0.29, 0.717) is 0 Å². The molecule has 0 rings (SSSR count). The molecule has 0 aliphatic heterocycles. The predicted octanol–water partition coefficient (Wildman–Crippen LogP) is -7.00. The van der Waals surface area contributed by atoms with Gasteiger partial charge in [-0.25, -0.2) is 4.39 Å². The molecule has 13 heteroatoms. The van der Waals surface area contributed by atoms with Crippen LogP contribution in [0, 0.1) is 0 Å². The molecule has 0 fully saturated rings. The molecule has 2 nitrogen and oxygen atoms in total. The minimum Gasteiger partial charge on any atom is -1.00 e. The fourth-order valence-corrected chi connectivity index (χ4v) is 0.227. The fraction of sp³-hybridized carbons (Fsp3) is 0.714. The van der Waals surface area contributed by atoms with E-state index in [1.165, 1.54) is 5.54 Å². The summed E-state index contributed by atoms with van der Waals surface area (Å²) in [5.41, 5.74) is 1.22. The Hall–Kier alpha value is 3.54. The van der Waals surface area contributed by atoms with E-state index in [4.69, 9.17) is 11.6 Å². The van der Waals surface area contributed by atoms with Gasteiger partial charge in [-0.1, -0.05) is 44.6 Å². The molecule has 1 atom stereocenters. The molecule has 20 heavy (non-hydrogen) atoms. The number of hydrogen-bond donors (Lipinski definition) is 0. The predicted molar refractivity (Wildman–Crippen MR) is 59.9 cm³/mol. The van der Waals surface area contributed by atoms with Gasteiger partial charge in [-0.05, 0) is 5.54 Å². The maximum atomic E-state index is 11.8. The van der Waals surface area contributed by atoms with Crippen LogP contribution in [0.2, 0.25) is 0 Å². The van der Waals surface area contributed by atoms with Crippen molar-refractivity contribution in [3.05, 3.63) is 12.1 Å². The van der Waals surface area contributed by atoms with E-state index in [-0.39, 0.29) is 127 Å². The molecular formula is C7H15Cl4F4Na3O2. The summed E-state index contributed by atoms with van der Waals surface area (Å²) in [5, 5.41) is -3.78. The summed E-state index contributed by atoms with van der Waals surface area (Å²) in [4.78, 5) is 0. The first-order valence-corrected chi connectivity index (χ1v) is 3.79. The monoisotopic (exact) mass is 416 g/mol. The summed E-state index contributed by atoms with van der Waals surface area (Å²) in [6.45, 7) is 3.13. The van der Waals surface area contributed by atoms with Gasteiger partial charge in [-0.15, -0.1) is 11.6 Å². The van der Waals surface area contributed by atoms with Gasteiger partial charge in [0.05, 0.1) is 5.88 Å². The van der Waals surface area contributed by atoms with Crippen LogP contribution >= 0.6 is 34.8 Å². The van der Waals surface area contributed by atoms with Crippen LogP contribution in [0.25, 0.3) is 0 Å². The van der Waals surface area contributed by atoms with Crippen molar-refractivity contribution in [3.8, 4) is 0 Å². The van der Waals surface area contributed by atoms with Crippen molar-refractivity contribution < 1.29 is 130 Å². The Bertz CT molecular complexity index is 157. The third kappa shape index (κ3) is 37.6. The molecular weight excluding hydrogens is 403 g/mol. The normalized spacial score (nSPS) is 9.35. The van der Waals surface area contributed by atoms with Crippen molar-refractivity contribution in [2.75, 3.05) is 5.88 Å². The van der Waals surface area contributed by atoms with Crippen LogP contribution in [0.3, 0.4) is 0 Å². The van der Waals surface area contributed by atoms with Crippen molar-refractivity contribution in [1.29, 1.82) is 0 Å². The Balaban J connectivity index is -0.0000000106. The molecule has 0 spiro atoms. The number of hydrogen-bond acceptors (Lipinski definition) is 2. The van der Waals surface area contributed by atoms with Crippen LogP contribution in [0.1, 0.15) is 14.9 Å². The quantitative estimate of drug-likeness (QED) is 0.242. The van der Waals surface area contributed by atoms with Gasteiger partial charge < -0.3 is 23.4 Å². The minimum absolute atomic E-state index is 0. The summed E-state index contributed by atoms with van der Waals surface area (Å²) in [6.07, 6.45) is -5.09. The number of alkyl halides is 6. The molecule has 0 aromatic rings. The number of rotatable bonds is 1. The van der Waals surface area contributed by atoms with Crippen LogP contribution in [0.15, 0.2) is 12.1 Å². The Labute approximate surface area is 205 Å². The average molecular weight is 418 g/mol. The van der Waals surface area contributed by atoms with Crippen LogP contribution in [-0.4, -0.2) is 28.1 Å². The molecule has 114 valence electrons. The zero-order chi connectivity index (χ0) is 10.4. The molecule has 0 aromatic carbocycles. The minimum atomic E-state index is -5.09. The molecule has 1 unspecified atom stereocenters. The summed E-state index contributed by atoms with van der Waals surface area (Å²) in [5.74, 6) is -1.29. The summed E-state index contributed by atoms with van der Waals surface area (Å²) >= 11 is 13.6. The number of halogens is 8. The van der Waals surface area contributed by atoms with Crippen molar-refractivity contribution >= 4 is 34.8 Å². The molecule has 0 aliphatic rings. The Kier molecular flexibility index (Phi) is 111. The largest absolute Gasteiger partial charge is 1.00 e. The van der Waals surface area contributed by atoms with Gasteiger partial charge in [0.1, 0.15) is 0 Å². The van der Waals surface area contributed by atoms with Crippen molar-refractivity contribution in [1.82, 2.24) is 0 Å². The van der Waals surface area contributed by atoms with E-state index in [0.717, 1.165) is 0 Å². The van der Waals surface area contributed by atoms with Gasteiger partial charge >= 0.3 is 94.8 Å². The smallest absolute Gasteiger partial charge is 1.00 e. The molecule has 0 saturated heterocycles.